The molecule has 0 bridgehead atoms. The van der Waals surface area contributed by atoms with E-state index in [0.29, 0.717) is 10.0 Å². The molecular formula is C14H10BrClO2. The van der Waals surface area contributed by atoms with E-state index in [4.69, 9.17) is 11.6 Å². The van der Waals surface area contributed by atoms with Crippen LogP contribution in [0.2, 0.25) is 5.02 Å². The Labute approximate surface area is 118 Å². The monoisotopic (exact) mass is 324 g/mol. The molecule has 2 nitrogen and oxygen atoms in total. The summed E-state index contributed by atoms with van der Waals surface area (Å²) in [4.78, 5) is 12.1. The van der Waals surface area contributed by atoms with Gasteiger partial charge < -0.3 is 5.11 Å². The molecule has 0 saturated carbocycles. The first-order valence-electron chi connectivity index (χ1n) is 5.33. The van der Waals surface area contributed by atoms with Gasteiger partial charge in [-0.15, -0.1) is 0 Å². The van der Waals surface area contributed by atoms with E-state index < -0.39 is 0 Å². The maximum Gasteiger partial charge on any atom is 0.168 e. The van der Waals surface area contributed by atoms with Crippen LogP contribution in [-0.2, 0) is 6.42 Å². The average Bonchev–Trinajstić information content (AvgIpc) is 2.35. The van der Waals surface area contributed by atoms with Crippen LogP contribution in [0.15, 0.2) is 46.9 Å². The number of halogens is 2. The Kier molecular flexibility index (Phi) is 4.04. The second-order valence-electron chi connectivity index (χ2n) is 3.87. The van der Waals surface area contributed by atoms with Gasteiger partial charge in [0, 0.05) is 16.5 Å². The molecule has 0 amide bonds. The minimum Gasteiger partial charge on any atom is -0.506 e. The highest BCUT2D eigenvalue weighted by atomic mass is 79.9. The minimum atomic E-state index is -0.122. The van der Waals surface area contributed by atoms with Crippen molar-refractivity contribution < 1.29 is 9.90 Å². The van der Waals surface area contributed by atoms with Crippen LogP contribution in [0.25, 0.3) is 0 Å². The molecule has 1 N–H and O–H groups in total. The largest absolute Gasteiger partial charge is 0.506 e. The molecule has 0 fully saturated rings. The third-order valence-electron chi connectivity index (χ3n) is 2.53. The second kappa shape index (κ2) is 5.55. The third kappa shape index (κ3) is 2.92. The Morgan fingerprint density at radius 2 is 1.89 bits per heavy atom. The summed E-state index contributed by atoms with van der Waals surface area (Å²) >= 11 is 9.16. The van der Waals surface area contributed by atoms with Crippen LogP contribution in [0, 0.1) is 0 Å². The van der Waals surface area contributed by atoms with Crippen LogP contribution >= 0.6 is 27.5 Å². The van der Waals surface area contributed by atoms with Crippen molar-refractivity contribution in [2.75, 3.05) is 0 Å². The summed E-state index contributed by atoms with van der Waals surface area (Å²) in [5.74, 6) is -0.217. The van der Waals surface area contributed by atoms with Crippen molar-refractivity contribution in [3.63, 3.8) is 0 Å². The average molecular weight is 326 g/mol. The number of carbonyl (C=O) groups excluding carboxylic acids is 1. The SMILES string of the molecule is O=C(Cc1ccccc1)c1cc(Br)cc(O)c1Cl. The highest BCUT2D eigenvalue weighted by Gasteiger charge is 2.15. The summed E-state index contributed by atoms with van der Waals surface area (Å²) in [7, 11) is 0. The lowest BCUT2D eigenvalue weighted by molar-refractivity contribution is 0.0992. The van der Waals surface area contributed by atoms with Crippen molar-refractivity contribution >= 4 is 33.3 Å². The van der Waals surface area contributed by atoms with Crippen LogP contribution in [0.1, 0.15) is 15.9 Å². The fraction of sp³-hybridized carbons (Fsp3) is 0.0714. The van der Waals surface area contributed by atoms with Crippen molar-refractivity contribution in [1.29, 1.82) is 0 Å². The second-order valence-corrected chi connectivity index (χ2v) is 5.17. The van der Waals surface area contributed by atoms with Crippen molar-refractivity contribution in [2.24, 2.45) is 0 Å². The van der Waals surface area contributed by atoms with Gasteiger partial charge in [0.25, 0.3) is 0 Å². The zero-order chi connectivity index (χ0) is 13.1. The molecule has 0 unspecified atom stereocenters. The molecule has 0 aromatic heterocycles. The molecule has 0 atom stereocenters. The van der Waals surface area contributed by atoms with Gasteiger partial charge in [-0.3, -0.25) is 4.79 Å². The van der Waals surface area contributed by atoms with E-state index in [1.165, 1.54) is 6.07 Å². The molecule has 0 spiro atoms. The number of carbonyl (C=O) groups is 1. The zero-order valence-electron chi connectivity index (χ0n) is 9.36. The minimum absolute atomic E-state index is 0.0950. The van der Waals surface area contributed by atoms with Gasteiger partial charge >= 0.3 is 0 Å². The Balaban J connectivity index is 2.30. The predicted molar refractivity (Wildman–Crippen MR) is 75.3 cm³/mol. The highest BCUT2D eigenvalue weighted by molar-refractivity contribution is 9.10. The zero-order valence-corrected chi connectivity index (χ0v) is 11.7. The molecule has 2 aromatic carbocycles. The molecule has 2 rings (SSSR count). The molecule has 0 aliphatic rings. The first kappa shape index (κ1) is 13.1. The van der Waals surface area contributed by atoms with Gasteiger partial charge in [-0.1, -0.05) is 57.9 Å². The molecule has 4 heteroatoms. The predicted octanol–water partition coefficient (Wildman–Crippen LogP) is 4.23. The van der Waals surface area contributed by atoms with Crippen molar-refractivity contribution in [2.45, 2.75) is 6.42 Å². The van der Waals surface area contributed by atoms with Gasteiger partial charge in [-0.25, -0.2) is 0 Å². The van der Waals surface area contributed by atoms with Gasteiger partial charge in [-0.2, -0.15) is 0 Å². The maximum absolute atomic E-state index is 12.1. The number of phenols is 1. The molecule has 0 aliphatic carbocycles. The number of benzene rings is 2. The highest BCUT2D eigenvalue weighted by Crippen LogP contribution is 2.31. The van der Waals surface area contributed by atoms with E-state index in [1.54, 1.807) is 6.07 Å². The van der Waals surface area contributed by atoms with Crippen molar-refractivity contribution in [1.82, 2.24) is 0 Å². The van der Waals surface area contributed by atoms with Crippen molar-refractivity contribution in [3.8, 4) is 5.75 Å². The van der Waals surface area contributed by atoms with E-state index in [1.807, 2.05) is 30.3 Å². The van der Waals surface area contributed by atoms with Crippen molar-refractivity contribution in [3.05, 3.63) is 63.1 Å². The van der Waals surface area contributed by atoms with Gasteiger partial charge in [0.05, 0.1) is 5.02 Å². The molecule has 0 radical (unpaired) electrons. The Bertz CT molecular complexity index is 582. The lowest BCUT2D eigenvalue weighted by Gasteiger charge is -2.06. The van der Waals surface area contributed by atoms with E-state index in [2.05, 4.69) is 15.9 Å². The summed E-state index contributed by atoms with van der Waals surface area (Å²) < 4.78 is 0.626. The fourth-order valence-corrected chi connectivity index (χ4v) is 2.31. The first-order chi connectivity index (χ1) is 8.58. The number of phenolic OH excluding ortho intramolecular Hbond substituents is 1. The van der Waals surface area contributed by atoms with E-state index >= 15 is 0 Å². The van der Waals surface area contributed by atoms with E-state index in [9.17, 15) is 9.90 Å². The molecule has 0 aliphatic heterocycles. The number of aromatic hydroxyl groups is 1. The van der Waals surface area contributed by atoms with Gasteiger partial charge in [-0.05, 0) is 17.7 Å². The van der Waals surface area contributed by atoms with Crippen LogP contribution in [-0.4, -0.2) is 10.9 Å². The summed E-state index contributed by atoms with van der Waals surface area (Å²) in [5, 5.41) is 9.68. The molecule has 0 saturated heterocycles. The normalized spacial score (nSPS) is 10.3. The molecule has 92 valence electrons. The number of hydrogen-bond acceptors (Lipinski definition) is 2. The van der Waals surface area contributed by atoms with E-state index in [0.717, 1.165) is 5.56 Å². The topological polar surface area (TPSA) is 37.3 Å². The Morgan fingerprint density at radius 3 is 2.56 bits per heavy atom. The van der Waals surface area contributed by atoms with Crippen LogP contribution in [0.3, 0.4) is 0 Å². The van der Waals surface area contributed by atoms with Crippen LogP contribution < -0.4 is 0 Å². The summed E-state index contributed by atoms with van der Waals surface area (Å²) in [5.41, 5.74) is 1.24. The van der Waals surface area contributed by atoms with Gasteiger partial charge in [0.1, 0.15) is 5.75 Å². The Hall–Kier alpha value is -1.32. The standard InChI is InChI=1S/C14H10BrClO2/c15-10-7-11(14(16)13(18)8-10)12(17)6-9-4-2-1-3-5-9/h1-5,7-8,18H,6H2. The van der Waals surface area contributed by atoms with Gasteiger partial charge in [0.2, 0.25) is 0 Å². The van der Waals surface area contributed by atoms with E-state index in [-0.39, 0.29) is 23.0 Å². The number of ketones is 1. The van der Waals surface area contributed by atoms with Crippen LogP contribution in [0.5, 0.6) is 5.75 Å². The summed E-state index contributed by atoms with van der Waals surface area (Å²) in [6.07, 6.45) is 0.260. The third-order valence-corrected chi connectivity index (χ3v) is 3.38. The quantitative estimate of drug-likeness (QED) is 0.857. The lowest BCUT2D eigenvalue weighted by atomic mass is 10.0. The molecule has 2 aromatic rings. The summed E-state index contributed by atoms with van der Waals surface area (Å²) in [6.45, 7) is 0. The first-order valence-corrected chi connectivity index (χ1v) is 6.50. The summed E-state index contributed by atoms with van der Waals surface area (Å²) in [6, 6.07) is 12.5. The van der Waals surface area contributed by atoms with Crippen LogP contribution in [0.4, 0.5) is 0 Å². The number of rotatable bonds is 3. The number of Topliss-reactive ketones (excluding diaryl/α,β-unsaturated/α-hetero) is 1. The van der Waals surface area contributed by atoms with Gasteiger partial charge in [0.15, 0.2) is 5.78 Å². The fourth-order valence-electron chi connectivity index (χ4n) is 1.65. The molecule has 0 heterocycles. The molecule has 18 heavy (non-hydrogen) atoms. The Morgan fingerprint density at radius 1 is 1.22 bits per heavy atom. The smallest absolute Gasteiger partial charge is 0.168 e. The lowest BCUT2D eigenvalue weighted by Crippen LogP contribution is -2.04. The molecular weight excluding hydrogens is 316 g/mol. The maximum atomic E-state index is 12.1. The number of hydrogen-bond donors (Lipinski definition) is 1.